The number of hydrogen-bond donors (Lipinski definition) is 0. The smallest absolute Gasteiger partial charge is 0.169 e. The largest absolute Gasteiger partial charge is 0.299 e. The predicted octanol–water partition coefficient (Wildman–Crippen LogP) is 2.19. The molecule has 0 unspecified atom stereocenters. The van der Waals surface area contributed by atoms with Crippen LogP contribution in [-0.2, 0) is 9.59 Å². The van der Waals surface area contributed by atoms with E-state index in [9.17, 15) is 9.59 Å². The van der Waals surface area contributed by atoms with Gasteiger partial charge in [0.05, 0.1) is 5.75 Å². The van der Waals surface area contributed by atoms with Crippen LogP contribution >= 0.6 is 11.8 Å². The van der Waals surface area contributed by atoms with E-state index in [-0.39, 0.29) is 17.0 Å². The van der Waals surface area contributed by atoms with E-state index < -0.39 is 0 Å². The van der Waals surface area contributed by atoms with Crippen molar-refractivity contribution >= 4 is 23.3 Å². The lowest BCUT2D eigenvalue weighted by molar-refractivity contribution is -0.115. The van der Waals surface area contributed by atoms with Crippen LogP contribution in [0.2, 0.25) is 0 Å². The standard InChI is InChI=1S/C10H14O2S/c1-7(11)6-13-9-5-10(2,3)4-8(9)12/h5H,4,6H2,1-3H3. The minimum absolute atomic E-state index is 0.0177. The van der Waals surface area contributed by atoms with Crippen molar-refractivity contribution in [2.24, 2.45) is 5.41 Å². The van der Waals surface area contributed by atoms with Gasteiger partial charge in [0.1, 0.15) is 5.78 Å². The third kappa shape index (κ3) is 2.99. The minimum atomic E-state index is -0.0177. The SMILES string of the molecule is CC(=O)CSC1=CC(C)(C)CC1=O. The van der Waals surface area contributed by atoms with Crippen molar-refractivity contribution in [2.45, 2.75) is 27.2 Å². The molecule has 0 aliphatic heterocycles. The van der Waals surface area contributed by atoms with Gasteiger partial charge in [-0.15, -0.1) is 11.8 Å². The summed E-state index contributed by atoms with van der Waals surface area (Å²) >= 11 is 1.36. The molecular weight excluding hydrogens is 184 g/mol. The number of Topliss-reactive ketones (excluding diaryl/α,β-unsaturated/α-hetero) is 2. The summed E-state index contributed by atoms with van der Waals surface area (Å²) in [6, 6.07) is 0. The molecule has 2 nitrogen and oxygen atoms in total. The van der Waals surface area contributed by atoms with Gasteiger partial charge in [-0.1, -0.05) is 19.9 Å². The molecule has 0 fully saturated rings. The molecule has 1 aliphatic rings. The number of ketones is 2. The van der Waals surface area contributed by atoms with Gasteiger partial charge in [-0.2, -0.15) is 0 Å². The number of allylic oxidation sites excluding steroid dienone is 2. The maximum Gasteiger partial charge on any atom is 0.169 e. The number of carbonyl (C=O) groups excluding carboxylic acids is 2. The number of carbonyl (C=O) groups is 2. The Morgan fingerprint density at radius 2 is 2.23 bits per heavy atom. The lowest BCUT2D eigenvalue weighted by atomic mass is 9.93. The van der Waals surface area contributed by atoms with Gasteiger partial charge in [0.25, 0.3) is 0 Å². The van der Waals surface area contributed by atoms with Crippen molar-refractivity contribution in [3.8, 4) is 0 Å². The second-order valence-corrected chi connectivity index (χ2v) is 5.10. The summed E-state index contributed by atoms with van der Waals surface area (Å²) in [5.74, 6) is 0.702. The molecule has 13 heavy (non-hydrogen) atoms. The molecule has 0 radical (unpaired) electrons. The van der Waals surface area contributed by atoms with Crippen molar-refractivity contribution in [1.29, 1.82) is 0 Å². The molecule has 72 valence electrons. The molecule has 0 amide bonds. The number of rotatable bonds is 3. The molecule has 0 heterocycles. The van der Waals surface area contributed by atoms with Gasteiger partial charge in [0.15, 0.2) is 5.78 Å². The molecule has 0 bridgehead atoms. The van der Waals surface area contributed by atoms with Crippen molar-refractivity contribution in [3.63, 3.8) is 0 Å². The maximum atomic E-state index is 11.4. The molecule has 0 atom stereocenters. The predicted molar refractivity (Wildman–Crippen MR) is 54.6 cm³/mol. The second kappa shape index (κ2) is 3.66. The van der Waals surface area contributed by atoms with E-state index in [2.05, 4.69) is 0 Å². The Balaban J connectivity index is 2.60. The summed E-state index contributed by atoms with van der Waals surface area (Å²) in [5.41, 5.74) is -0.0177. The average Bonchev–Trinajstić information content (AvgIpc) is 2.20. The van der Waals surface area contributed by atoms with E-state index in [0.29, 0.717) is 12.2 Å². The van der Waals surface area contributed by atoms with E-state index in [1.165, 1.54) is 18.7 Å². The molecule has 0 aromatic rings. The zero-order valence-electron chi connectivity index (χ0n) is 8.22. The Morgan fingerprint density at radius 1 is 1.62 bits per heavy atom. The molecule has 1 rings (SSSR count). The number of hydrogen-bond acceptors (Lipinski definition) is 3. The highest BCUT2D eigenvalue weighted by Gasteiger charge is 2.30. The quantitative estimate of drug-likeness (QED) is 0.697. The van der Waals surface area contributed by atoms with Gasteiger partial charge in [-0.3, -0.25) is 9.59 Å². The van der Waals surface area contributed by atoms with Crippen molar-refractivity contribution in [3.05, 3.63) is 11.0 Å². The van der Waals surface area contributed by atoms with E-state index in [4.69, 9.17) is 0 Å². The Labute approximate surface area is 82.8 Å². The topological polar surface area (TPSA) is 34.1 Å². The third-order valence-electron chi connectivity index (χ3n) is 1.84. The molecule has 0 spiro atoms. The van der Waals surface area contributed by atoms with Crippen molar-refractivity contribution in [1.82, 2.24) is 0 Å². The fraction of sp³-hybridized carbons (Fsp3) is 0.600. The van der Waals surface area contributed by atoms with E-state index >= 15 is 0 Å². The van der Waals surface area contributed by atoms with Crippen LogP contribution in [0, 0.1) is 5.41 Å². The van der Waals surface area contributed by atoms with Crippen molar-refractivity contribution in [2.75, 3.05) is 5.75 Å². The van der Waals surface area contributed by atoms with Gasteiger partial charge in [-0.05, 0) is 12.3 Å². The first-order valence-electron chi connectivity index (χ1n) is 4.29. The monoisotopic (exact) mass is 198 g/mol. The van der Waals surface area contributed by atoms with E-state index in [1.807, 2.05) is 19.9 Å². The second-order valence-electron chi connectivity index (χ2n) is 4.09. The molecule has 1 aliphatic carbocycles. The van der Waals surface area contributed by atoms with Crippen LogP contribution in [-0.4, -0.2) is 17.3 Å². The van der Waals surface area contributed by atoms with Crippen LogP contribution in [0.25, 0.3) is 0 Å². The Hall–Kier alpha value is -0.570. The molecular formula is C10H14O2S. The van der Waals surface area contributed by atoms with Gasteiger partial charge in [0.2, 0.25) is 0 Å². The van der Waals surface area contributed by atoms with Crippen LogP contribution in [0.3, 0.4) is 0 Å². The highest BCUT2D eigenvalue weighted by Crippen LogP contribution is 2.37. The van der Waals surface area contributed by atoms with Crippen molar-refractivity contribution < 1.29 is 9.59 Å². The van der Waals surface area contributed by atoms with Gasteiger partial charge >= 0.3 is 0 Å². The molecule has 0 aromatic heterocycles. The maximum absolute atomic E-state index is 11.4. The average molecular weight is 198 g/mol. The minimum Gasteiger partial charge on any atom is -0.299 e. The highest BCUT2D eigenvalue weighted by molar-refractivity contribution is 8.04. The molecule has 0 saturated heterocycles. The van der Waals surface area contributed by atoms with Crippen LogP contribution in [0.4, 0.5) is 0 Å². The van der Waals surface area contributed by atoms with Crippen LogP contribution < -0.4 is 0 Å². The van der Waals surface area contributed by atoms with E-state index in [0.717, 1.165) is 4.91 Å². The van der Waals surface area contributed by atoms with Gasteiger partial charge < -0.3 is 0 Å². The summed E-state index contributed by atoms with van der Waals surface area (Å²) < 4.78 is 0. The first-order valence-corrected chi connectivity index (χ1v) is 5.27. The molecule has 0 aromatic carbocycles. The first kappa shape index (κ1) is 10.5. The number of thioether (sulfide) groups is 1. The normalized spacial score (nSPS) is 20.2. The van der Waals surface area contributed by atoms with Gasteiger partial charge in [0, 0.05) is 11.3 Å². The summed E-state index contributed by atoms with van der Waals surface area (Å²) in [5, 5.41) is 0. The lowest BCUT2D eigenvalue weighted by Crippen LogP contribution is -2.05. The van der Waals surface area contributed by atoms with E-state index in [1.54, 1.807) is 0 Å². The molecule has 0 saturated carbocycles. The Kier molecular flexibility index (Phi) is 2.96. The Bertz CT molecular complexity index is 277. The van der Waals surface area contributed by atoms with Crippen LogP contribution in [0.1, 0.15) is 27.2 Å². The fourth-order valence-corrected chi connectivity index (χ4v) is 2.28. The first-order chi connectivity index (χ1) is 5.91. The summed E-state index contributed by atoms with van der Waals surface area (Å²) in [4.78, 5) is 22.9. The third-order valence-corrected chi connectivity index (χ3v) is 3.05. The summed E-state index contributed by atoms with van der Waals surface area (Å²) in [7, 11) is 0. The fourth-order valence-electron chi connectivity index (χ4n) is 1.29. The van der Waals surface area contributed by atoms with Crippen LogP contribution in [0.5, 0.6) is 0 Å². The molecule has 3 heteroatoms. The molecule has 0 N–H and O–H groups in total. The summed E-state index contributed by atoms with van der Waals surface area (Å²) in [6.45, 7) is 5.61. The zero-order chi connectivity index (χ0) is 10.1. The Morgan fingerprint density at radius 3 is 2.62 bits per heavy atom. The zero-order valence-corrected chi connectivity index (χ0v) is 9.03. The summed E-state index contributed by atoms with van der Waals surface area (Å²) in [6.07, 6.45) is 2.55. The highest BCUT2D eigenvalue weighted by atomic mass is 32.2. The van der Waals surface area contributed by atoms with Gasteiger partial charge in [-0.25, -0.2) is 0 Å². The van der Waals surface area contributed by atoms with Crippen LogP contribution in [0.15, 0.2) is 11.0 Å². The lowest BCUT2D eigenvalue weighted by Gasteiger charge is -2.10.